The zero-order valence-electron chi connectivity index (χ0n) is 9.80. The maximum Gasteiger partial charge on any atom is 0.411 e. The summed E-state index contributed by atoms with van der Waals surface area (Å²) in [5.41, 5.74) is -0.677. The molecule has 3 nitrogen and oxygen atoms in total. The van der Waals surface area contributed by atoms with E-state index < -0.39 is 5.60 Å². The van der Waals surface area contributed by atoms with Crippen LogP contribution in [0, 0.1) is 11.8 Å². The van der Waals surface area contributed by atoms with Gasteiger partial charge >= 0.3 is 6.09 Å². The Kier molecular flexibility index (Phi) is 4.02. The standard InChI is InChI=1S/C12H19NO2/c1-4-8-12(2,3)15-11(14)13-9-6-5-7-10-13/h5-7,9-10H2,1-3H3. The lowest BCUT2D eigenvalue weighted by Crippen LogP contribution is -2.40. The van der Waals surface area contributed by atoms with Gasteiger partial charge in [0.1, 0.15) is 0 Å². The Morgan fingerprint density at radius 2 is 1.87 bits per heavy atom. The number of carbonyl (C=O) groups is 1. The van der Waals surface area contributed by atoms with E-state index in [2.05, 4.69) is 11.8 Å². The minimum atomic E-state index is -0.677. The summed E-state index contributed by atoms with van der Waals surface area (Å²) in [5.74, 6) is 5.64. The summed E-state index contributed by atoms with van der Waals surface area (Å²) in [4.78, 5) is 13.5. The number of carbonyl (C=O) groups excluding carboxylic acids is 1. The molecule has 1 aliphatic heterocycles. The second kappa shape index (κ2) is 5.06. The quantitative estimate of drug-likeness (QED) is 0.621. The minimum absolute atomic E-state index is 0.234. The molecule has 0 atom stereocenters. The molecular formula is C12H19NO2. The van der Waals surface area contributed by atoms with E-state index >= 15 is 0 Å². The number of rotatable bonds is 1. The third kappa shape index (κ3) is 3.83. The number of nitrogens with zero attached hydrogens (tertiary/aromatic N) is 1. The zero-order valence-corrected chi connectivity index (χ0v) is 9.80. The number of likely N-dealkylation sites (tertiary alicyclic amines) is 1. The van der Waals surface area contributed by atoms with Gasteiger partial charge in [-0.05, 0) is 40.0 Å². The van der Waals surface area contributed by atoms with Crippen molar-refractivity contribution < 1.29 is 9.53 Å². The van der Waals surface area contributed by atoms with Crippen molar-refractivity contribution in [1.29, 1.82) is 0 Å². The highest BCUT2D eigenvalue weighted by molar-refractivity contribution is 5.68. The van der Waals surface area contributed by atoms with Crippen LogP contribution in [0.1, 0.15) is 40.0 Å². The van der Waals surface area contributed by atoms with E-state index in [9.17, 15) is 4.79 Å². The van der Waals surface area contributed by atoms with Crippen LogP contribution in [0.15, 0.2) is 0 Å². The second-order valence-electron chi connectivity index (χ2n) is 4.30. The van der Waals surface area contributed by atoms with Gasteiger partial charge in [-0.25, -0.2) is 4.79 Å². The molecule has 0 aromatic carbocycles. The molecule has 0 unspecified atom stereocenters. The van der Waals surface area contributed by atoms with Crippen molar-refractivity contribution in [3.05, 3.63) is 0 Å². The summed E-state index contributed by atoms with van der Waals surface area (Å²) < 4.78 is 5.33. The van der Waals surface area contributed by atoms with Gasteiger partial charge < -0.3 is 9.64 Å². The summed E-state index contributed by atoms with van der Waals surface area (Å²) in [6.45, 7) is 7.00. The van der Waals surface area contributed by atoms with Crippen LogP contribution in [0.4, 0.5) is 4.79 Å². The fraction of sp³-hybridized carbons (Fsp3) is 0.750. The summed E-state index contributed by atoms with van der Waals surface area (Å²) in [7, 11) is 0. The van der Waals surface area contributed by atoms with Crippen LogP contribution >= 0.6 is 0 Å². The zero-order chi connectivity index (χ0) is 11.3. The van der Waals surface area contributed by atoms with Crippen molar-refractivity contribution in [2.45, 2.75) is 45.6 Å². The normalized spacial score (nSPS) is 16.6. The number of hydrogen-bond acceptors (Lipinski definition) is 2. The molecular weight excluding hydrogens is 190 g/mol. The molecule has 1 fully saturated rings. The smallest absolute Gasteiger partial charge is 0.411 e. The van der Waals surface area contributed by atoms with Crippen molar-refractivity contribution in [2.75, 3.05) is 13.1 Å². The summed E-state index contributed by atoms with van der Waals surface area (Å²) in [5, 5.41) is 0. The van der Waals surface area contributed by atoms with Gasteiger partial charge in [0.2, 0.25) is 0 Å². The molecule has 1 heterocycles. The van der Waals surface area contributed by atoms with Gasteiger partial charge in [-0.1, -0.05) is 5.92 Å². The third-order valence-electron chi connectivity index (χ3n) is 2.38. The van der Waals surface area contributed by atoms with E-state index in [4.69, 9.17) is 4.74 Å². The monoisotopic (exact) mass is 209 g/mol. The average molecular weight is 209 g/mol. The van der Waals surface area contributed by atoms with E-state index in [1.54, 1.807) is 11.8 Å². The molecule has 0 aliphatic carbocycles. The minimum Gasteiger partial charge on any atom is -0.430 e. The summed E-state index contributed by atoms with van der Waals surface area (Å²) in [6, 6.07) is 0. The molecule has 0 aromatic heterocycles. The van der Waals surface area contributed by atoms with Crippen LogP contribution in [0.3, 0.4) is 0 Å². The predicted molar refractivity (Wildman–Crippen MR) is 59.4 cm³/mol. The molecule has 0 saturated carbocycles. The molecule has 1 rings (SSSR count). The van der Waals surface area contributed by atoms with E-state index in [1.165, 1.54) is 6.42 Å². The van der Waals surface area contributed by atoms with E-state index in [1.807, 2.05) is 13.8 Å². The topological polar surface area (TPSA) is 29.5 Å². The molecule has 1 amide bonds. The van der Waals surface area contributed by atoms with Crippen molar-refractivity contribution in [3.63, 3.8) is 0 Å². The highest BCUT2D eigenvalue weighted by Gasteiger charge is 2.25. The first kappa shape index (κ1) is 11.9. The Balaban J connectivity index is 2.49. The van der Waals surface area contributed by atoms with E-state index in [0.717, 1.165) is 25.9 Å². The summed E-state index contributed by atoms with van der Waals surface area (Å²) in [6.07, 6.45) is 3.13. The maximum atomic E-state index is 11.7. The lowest BCUT2D eigenvalue weighted by molar-refractivity contribution is 0.0418. The van der Waals surface area contributed by atoms with Crippen LogP contribution < -0.4 is 0 Å². The fourth-order valence-corrected chi connectivity index (χ4v) is 1.69. The van der Waals surface area contributed by atoms with Gasteiger partial charge in [-0.15, -0.1) is 5.92 Å². The third-order valence-corrected chi connectivity index (χ3v) is 2.38. The molecule has 0 aromatic rings. The van der Waals surface area contributed by atoms with Gasteiger partial charge in [0, 0.05) is 13.1 Å². The lowest BCUT2D eigenvalue weighted by atomic mass is 10.1. The first-order valence-electron chi connectivity index (χ1n) is 5.47. The van der Waals surface area contributed by atoms with Gasteiger partial charge in [0.15, 0.2) is 5.60 Å². The van der Waals surface area contributed by atoms with Gasteiger partial charge in [-0.3, -0.25) is 0 Å². The maximum absolute atomic E-state index is 11.7. The highest BCUT2D eigenvalue weighted by atomic mass is 16.6. The molecule has 1 aliphatic rings. The van der Waals surface area contributed by atoms with Gasteiger partial charge in [-0.2, -0.15) is 0 Å². The van der Waals surface area contributed by atoms with Crippen LogP contribution in [-0.4, -0.2) is 29.7 Å². The van der Waals surface area contributed by atoms with Crippen molar-refractivity contribution >= 4 is 6.09 Å². The van der Waals surface area contributed by atoms with Crippen molar-refractivity contribution in [3.8, 4) is 11.8 Å². The Bertz CT molecular complexity index is 280. The number of piperidine rings is 1. The number of ether oxygens (including phenoxy) is 1. The molecule has 0 spiro atoms. The Hall–Kier alpha value is -1.17. The van der Waals surface area contributed by atoms with Crippen LogP contribution in [-0.2, 0) is 4.74 Å². The van der Waals surface area contributed by atoms with Crippen LogP contribution in [0.5, 0.6) is 0 Å². The molecule has 1 saturated heterocycles. The Morgan fingerprint density at radius 1 is 1.27 bits per heavy atom. The second-order valence-corrected chi connectivity index (χ2v) is 4.30. The SMILES string of the molecule is CC#CC(C)(C)OC(=O)N1CCCCC1. The number of hydrogen-bond donors (Lipinski definition) is 0. The fourth-order valence-electron chi connectivity index (χ4n) is 1.69. The average Bonchev–Trinajstić information content (AvgIpc) is 2.18. The van der Waals surface area contributed by atoms with E-state index in [-0.39, 0.29) is 6.09 Å². The number of amides is 1. The highest BCUT2D eigenvalue weighted by Crippen LogP contribution is 2.14. The molecule has 0 radical (unpaired) electrons. The molecule has 84 valence electrons. The molecule has 0 bridgehead atoms. The van der Waals surface area contributed by atoms with Crippen molar-refractivity contribution in [1.82, 2.24) is 4.90 Å². The van der Waals surface area contributed by atoms with Crippen LogP contribution in [0.2, 0.25) is 0 Å². The Morgan fingerprint density at radius 3 is 2.40 bits per heavy atom. The summed E-state index contributed by atoms with van der Waals surface area (Å²) >= 11 is 0. The largest absolute Gasteiger partial charge is 0.430 e. The van der Waals surface area contributed by atoms with Crippen molar-refractivity contribution in [2.24, 2.45) is 0 Å². The van der Waals surface area contributed by atoms with E-state index in [0.29, 0.717) is 0 Å². The van der Waals surface area contributed by atoms with Crippen LogP contribution in [0.25, 0.3) is 0 Å². The first-order valence-corrected chi connectivity index (χ1v) is 5.47. The molecule has 15 heavy (non-hydrogen) atoms. The molecule has 3 heteroatoms. The van der Waals surface area contributed by atoms with Gasteiger partial charge in [0.25, 0.3) is 0 Å². The predicted octanol–water partition coefficient (Wildman–Crippen LogP) is 2.41. The molecule has 0 N–H and O–H groups in total. The Labute approximate surface area is 91.8 Å². The lowest BCUT2D eigenvalue weighted by Gasteiger charge is -2.29. The first-order chi connectivity index (χ1) is 7.05. The van der Waals surface area contributed by atoms with Gasteiger partial charge in [0.05, 0.1) is 0 Å².